The molecule has 2 N–H and O–H groups in total. The standard InChI is InChI=1S/C16H13ClN2O2S/c1-9-11(17)3-2-4-12(9)19-16(21)10-5-6-14-13(7-10)18-15(20)8-22-14/h2-7H,8H2,1H3,(H,18,20)(H,19,21). The number of hydrogen-bond acceptors (Lipinski definition) is 3. The third kappa shape index (κ3) is 2.96. The van der Waals surface area contributed by atoms with Gasteiger partial charge in [0.05, 0.1) is 11.4 Å². The number of amides is 2. The fraction of sp³-hybridized carbons (Fsp3) is 0.125. The lowest BCUT2D eigenvalue weighted by molar-refractivity contribution is -0.113. The average Bonchev–Trinajstić information content (AvgIpc) is 2.51. The van der Waals surface area contributed by atoms with Crippen LogP contribution in [0.1, 0.15) is 15.9 Å². The highest BCUT2D eigenvalue weighted by molar-refractivity contribution is 8.00. The van der Waals surface area contributed by atoms with Crippen LogP contribution in [0.2, 0.25) is 5.02 Å². The Morgan fingerprint density at radius 2 is 2.14 bits per heavy atom. The van der Waals surface area contributed by atoms with Crippen molar-refractivity contribution in [3.05, 3.63) is 52.5 Å². The Morgan fingerprint density at radius 1 is 1.32 bits per heavy atom. The second-order valence-electron chi connectivity index (χ2n) is 4.91. The van der Waals surface area contributed by atoms with Gasteiger partial charge in [0.15, 0.2) is 0 Å². The van der Waals surface area contributed by atoms with Crippen LogP contribution in [0.4, 0.5) is 11.4 Å². The summed E-state index contributed by atoms with van der Waals surface area (Å²) in [5, 5.41) is 6.22. The lowest BCUT2D eigenvalue weighted by Gasteiger charge is -2.17. The Kier molecular flexibility index (Phi) is 4.09. The van der Waals surface area contributed by atoms with Crippen LogP contribution >= 0.6 is 23.4 Å². The smallest absolute Gasteiger partial charge is 0.255 e. The zero-order chi connectivity index (χ0) is 15.7. The van der Waals surface area contributed by atoms with Crippen molar-refractivity contribution < 1.29 is 9.59 Å². The number of carbonyl (C=O) groups excluding carboxylic acids is 2. The maximum absolute atomic E-state index is 12.4. The number of rotatable bonds is 2. The molecule has 0 saturated heterocycles. The Bertz CT molecular complexity index is 777. The molecule has 1 aliphatic rings. The molecule has 2 aromatic rings. The fourth-order valence-corrected chi connectivity index (χ4v) is 3.12. The summed E-state index contributed by atoms with van der Waals surface area (Å²) < 4.78 is 0. The minimum absolute atomic E-state index is 0.0549. The molecule has 3 rings (SSSR count). The average molecular weight is 333 g/mol. The molecule has 1 heterocycles. The van der Waals surface area contributed by atoms with E-state index in [1.165, 1.54) is 11.8 Å². The Morgan fingerprint density at radius 3 is 2.95 bits per heavy atom. The van der Waals surface area contributed by atoms with Crippen LogP contribution in [0.3, 0.4) is 0 Å². The highest BCUT2D eigenvalue weighted by Crippen LogP contribution is 2.32. The van der Waals surface area contributed by atoms with E-state index in [-0.39, 0.29) is 11.8 Å². The van der Waals surface area contributed by atoms with Gasteiger partial charge in [-0.2, -0.15) is 0 Å². The van der Waals surface area contributed by atoms with E-state index in [9.17, 15) is 9.59 Å². The summed E-state index contributed by atoms with van der Waals surface area (Å²) in [7, 11) is 0. The monoisotopic (exact) mass is 332 g/mol. The van der Waals surface area contributed by atoms with Crippen molar-refractivity contribution in [1.29, 1.82) is 0 Å². The number of thioether (sulfide) groups is 1. The van der Waals surface area contributed by atoms with Gasteiger partial charge in [-0.3, -0.25) is 9.59 Å². The van der Waals surface area contributed by atoms with Gasteiger partial charge in [-0.15, -0.1) is 11.8 Å². The van der Waals surface area contributed by atoms with Crippen molar-refractivity contribution >= 4 is 46.6 Å². The van der Waals surface area contributed by atoms with Crippen LogP contribution < -0.4 is 10.6 Å². The van der Waals surface area contributed by atoms with Gasteiger partial charge in [-0.25, -0.2) is 0 Å². The Labute approximate surface area is 137 Å². The van der Waals surface area contributed by atoms with E-state index in [4.69, 9.17) is 11.6 Å². The van der Waals surface area contributed by atoms with Crippen molar-refractivity contribution in [3.63, 3.8) is 0 Å². The second-order valence-corrected chi connectivity index (χ2v) is 6.34. The molecule has 0 bridgehead atoms. The van der Waals surface area contributed by atoms with Gasteiger partial charge in [-0.05, 0) is 42.8 Å². The third-order valence-corrected chi connectivity index (χ3v) is 4.87. The van der Waals surface area contributed by atoms with Crippen LogP contribution in [0.15, 0.2) is 41.3 Å². The molecular weight excluding hydrogens is 320 g/mol. The van der Waals surface area contributed by atoms with Gasteiger partial charge in [0.25, 0.3) is 5.91 Å². The molecule has 22 heavy (non-hydrogen) atoms. The molecule has 0 unspecified atom stereocenters. The largest absolute Gasteiger partial charge is 0.324 e. The number of halogens is 1. The maximum Gasteiger partial charge on any atom is 0.255 e. The zero-order valence-corrected chi connectivity index (χ0v) is 13.3. The van der Waals surface area contributed by atoms with Crippen LogP contribution in [-0.2, 0) is 4.79 Å². The maximum atomic E-state index is 12.4. The Balaban J connectivity index is 1.85. The van der Waals surface area contributed by atoms with Gasteiger partial charge in [0.1, 0.15) is 0 Å². The van der Waals surface area contributed by atoms with Crippen molar-refractivity contribution in [3.8, 4) is 0 Å². The molecule has 0 saturated carbocycles. The molecule has 0 atom stereocenters. The Hall–Kier alpha value is -1.98. The van der Waals surface area contributed by atoms with E-state index in [2.05, 4.69) is 10.6 Å². The molecule has 0 spiro atoms. The van der Waals surface area contributed by atoms with E-state index in [0.717, 1.165) is 10.5 Å². The van der Waals surface area contributed by atoms with Crippen molar-refractivity contribution in [2.24, 2.45) is 0 Å². The normalized spacial score (nSPS) is 13.3. The number of anilines is 2. The number of hydrogen-bond donors (Lipinski definition) is 2. The van der Waals surface area contributed by atoms with Gasteiger partial charge in [0.2, 0.25) is 5.91 Å². The molecule has 1 aliphatic heterocycles. The first kappa shape index (κ1) is 14.9. The summed E-state index contributed by atoms with van der Waals surface area (Å²) in [4.78, 5) is 24.8. The molecule has 0 fully saturated rings. The summed E-state index contributed by atoms with van der Waals surface area (Å²) in [6.07, 6.45) is 0. The van der Waals surface area contributed by atoms with Gasteiger partial charge < -0.3 is 10.6 Å². The minimum Gasteiger partial charge on any atom is -0.324 e. The first-order valence-corrected chi connectivity index (χ1v) is 8.04. The molecule has 112 valence electrons. The third-order valence-electron chi connectivity index (χ3n) is 3.39. The summed E-state index contributed by atoms with van der Waals surface area (Å²) in [6.45, 7) is 1.85. The quantitative estimate of drug-likeness (QED) is 0.875. The van der Waals surface area contributed by atoms with E-state index < -0.39 is 0 Å². The van der Waals surface area contributed by atoms with E-state index in [1.807, 2.05) is 13.0 Å². The van der Waals surface area contributed by atoms with Gasteiger partial charge >= 0.3 is 0 Å². The molecule has 0 aromatic heterocycles. The zero-order valence-electron chi connectivity index (χ0n) is 11.8. The highest BCUT2D eigenvalue weighted by atomic mass is 35.5. The fourth-order valence-electron chi connectivity index (χ4n) is 2.16. The van der Waals surface area contributed by atoms with Crippen LogP contribution in [0, 0.1) is 6.92 Å². The van der Waals surface area contributed by atoms with E-state index >= 15 is 0 Å². The summed E-state index contributed by atoms with van der Waals surface area (Å²) in [5.74, 6) is 0.110. The summed E-state index contributed by atoms with van der Waals surface area (Å²) in [5.41, 5.74) is 2.66. The predicted octanol–water partition coefficient (Wildman–Crippen LogP) is 3.94. The van der Waals surface area contributed by atoms with Crippen LogP contribution in [0.5, 0.6) is 0 Å². The molecule has 0 aliphatic carbocycles. The first-order chi connectivity index (χ1) is 10.5. The van der Waals surface area contributed by atoms with Crippen molar-refractivity contribution in [2.45, 2.75) is 11.8 Å². The lowest BCUT2D eigenvalue weighted by Crippen LogP contribution is -2.20. The number of benzene rings is 2. The number of nitrogens with one attached hydrogen (secondary N) is 2. The molecule has 4 nitrogen and oxygen atoms in total. The van der Waals surface area contributed by atoms with Crippen molar-refractivity contribution in [1.82, 2.24) is 0 Å². The molecule has 6 heteroatoms. The SMILES string of the molecule is Cc1c(Cl)cccc1NC(=O)c1ccc2c(c1)NC(=O)CS2. The van der Waals surface area contributed by atoms with Crippen LogP contribution in [-0.4, -0.2) is 17.6 Å². The molecule has 2 aromatic carbocycles. The minimum atomic E-state index is -0.238. The van der Waals surface area contributed by atoms with Crippen molar-refractivity contribution in [2.75, 3.05) is 16.4 Å². The first-order valence-electron chi connectivity index (χ1n) is 6.68. The molecular formula is C16H13ClN2O2S. The molecule has 2 amide bonds. The topological polar surface area (TPSA) is 58.2 Å². The van der Waals surface area contributed by atoms with Crippen LogP contribution in [0.25, 0.3) is 0 Å². The second kappa shape index (κ2) is 6.02. The number of carbonyl (C=O) groups is 2. The summed E-state index contributed by atoms with van der Waals surface area (Å²) in [6, 6.07) is 10.6. The van der Waals surface area contributed by atoms with Gasteiger partial charge in [-0.1, -0.05) is 17.7 Å². The number of fused-ring (bicyclic) bond motifs is 1. The van der Waals surface area contributed by atoms with Gasteiger partial charge in [0, 0.05) is 21.2 Å². The highest BCUT2D eigenvalue weighted by Gasteiger charge is 2.17. The predicted molar refractivity (Wildman–Crippen MR) is 89.9 cm³/mol. The van der Waals surface area contributed by atoms with E-state index in [0.29, 0.717) is 27.7 Å². The molecule has 0 radical (unpaired) electrons. The lowest BCUT2D eigenvalue weighted by atomic mass is 10.1. The summed E-state index contributed by atoms with van der Waals surface area (Å²) >= 11 is 7.52. The van der Waals surface area contributed by atoms with E-state index in [1.54, 1.807) is 30.3 Å².